The first-order valence-electron chi connectivity index (χ1n) is 9.74. The van der Waals surface area contributed by atoms with Crippen molar-refractivity contribution in [2.75, 3.05) is 26.2 Å². The van der Waals surface area contributed by atoms with Crippen molar-refractivity contribution in [2.24, 2.45) is 11.8 Å². The van der Waals surface area contributed by atoms with E-state index in [0.29, 0.717) is 0 Å². The van der Waals surface area contributed by atoms with Gasteiger partial charge in [-0.1, -0.05) is 39.5 Å². The van der Waals surface area contributed by atoms with Crippen molar-refractivity contribution in [2.45, 2.75) is 83.7 Å². The van der Waals surface area contributed by atoms with Crippen molar-refractivity contribution in [1.82, 2.24) is 9.80 Å². The third-order valence-corrected chi connectivity index (χ3v) is 6.39. The van der Waals surface area contributed by atoms with Crippen LogP contribution in [0.25, 0.3) is 0 Å². The number of hydrogen-bond acceptors (Lipinski definition) is 2. The van der Waals surface area contributed by atoms with Crippen LogP contribution < -0.4 is 0 Å². The first-order valence-corrected chi connectivity index (χ1v) is 9.74. The van der Waals surface area contributed by atoms with E-state index in [1.54, 1.807) is 0 Å². The monoisotopic (exact) mass is 292 g/mol. The highest BCUT2D eigenvalue weighted by atomic mass is 15.3. The molecule has 0 aromatic carbocycles. The van der Waals surface area contributed by atoms with E-state index >= 15 is 0 Å². The molecule has 0 amide bonds. The summed E-state index contributed by atoms with van der Waals surface area (Å²) in [5.74, 6) is 2.00. The van der Waals surface area contributed by atoms with Crippen LogP contribution in [-0.4, -0.2) is 48.1 Å². The Balaban J connectivity index is 1.46. The SMILES string of the molecule is CCCCCN1CC2CCC(C1)N2CC1CCC(C)CC1. The number of rotatable bonds is 6. The zero-order valence-electron chi connectivity index (χ0n) is 14.4. The Morgan fingerprint density at radius 3 is 2.14 bits per heavy atom. The van der Waals surface area contributed by atoms with E-state index in [4.69, 9.17) is 0 Å². The molecule has 2 unspecified atom stereocenters. The van der Waals surface area contributed by atoms with Gasteiger partial charge in [0.15, 0.2) is 0 Å². The second-order valence-corrected chi connectivity index (χ2v) is 8.17. The highest BCUT2D eigenvalue weighted by Gasteiger charge is 2.40. The molecule has 0 aromatic heterocycles. The Kier molecular flexibility index (Phi) is 5.61. The molecule has 2 bridgehead atoms. The van der Waals surface area contributed by atoms with Crippen molar-refractivity contribution in [1.29, 1.82) is 0 Å². The lowest BCUT2D eigenvalue weighted by Gasteiger charge is -2.43. The summed E-state index contributed by atoms with van der Waals surface area (Å²) in [5.41, 5.74) is 0. The topological polar surface area (TPSA) is 6.48 Å². The number of nitrogens with zero attached hydrogens (tertiary/aromatic N) is 2. The quantitative estimate of drug-likeness (QED) is 0.679. The van der Waals surface area contributed by atoms with E-state index in [9.17, 15) is 0 Å². The summed E-state index contributed by atoms with van der Waals surface area (Å²) in [7, 11) is 0. The fraction of sp³-hybridized carbons (Fsp3) is 1.00. The molecule has 2 atom stereocenters. The summed E-state index contributed by atoms with van der Waals surface area (Å²) in [6.45, 7) is 10.3. The summed E-state index contributed by atoms with van der Waals surface area (Å²) in [5, 5.41) is 0. The Morgan fingerprint density at radius 2 is 1.52 bits per heavy atom. The van der Waals surface area contributed by atoms with E-state index in [1.807, 2.05) is 0 Å². The van der Waals surface area contributed by atoms with Crippen molar-refractivity contribution >= 4 is 0 Å². The van der Waals surface area contributed by atoms with Crippen LogP contribution in [0.5, 0.6) is 0 Å². The predicted molar refractivity (Wildman–Crippen MR) is 90.6 cm³/mol. The average Bonchev–Trinajstić information content (AvgIpc) is 2.72. The molecule has 3 fully saturated rings. The van der Waals surface area contributed by atoms with Gasteiger partial charge in [0, 0.05) is 31.7 Å². The minimum Gasteiger partial charge on any atom is -0.300 e. The maximum atomic E-state index is 2.93. The van der Waals surface area contributed by atoms with Crippen LogP contribution in [0.1, 0.15) is 71.6 Å². The van der Waals surface area contributed by atoms with Crippen molar-refractivity contribution in [3.05, 3.63) is 0 Å². The Labute approximate surface area is 132 Å². The van der Waals surface area contributed by atoms with Gasteiger partial charge in [0.05, 0.1) is 0 Å². The van der Waals surface area contributed by atoms with Gasteiger partial charge in [0.2, 0.25) is 0 Å². The van der Waals surface area contributed by atoms with Crippen LogP contribution in [-0.2, 0) is 0 Å². The molecule has 0 aromatic rings. The van der Waals surface area contributed by atoms with Crippen LogP contribution in [0.3, 0.4) is 0 Å². The van der Waals surface area contributed by atoms with E-state index in [1.165, 1.54) is 84.0 Å². The van der Waals surface area contributed by atoms with Gasteiger partial charge >= 0.3 is 0 Å². The molecule has 2 nitrogen and oxygen atoms in total. The molecule has 1 aliphatic carbocycles. The molecular weight excluding hydrogens is 256 g/mol. The normalized spacial score (nSPS) is 38.0. The molecule has 21 heavy (non-hydrogen) atoms. The van der Waals surface area contributed by atoms with Crippen molar-refractivity contribution in [3.63, 3.8) is 0 Å². The summed E-state index contributed by atoms with van der Waals surface area (Å²) in [4.78, 5) is 5.70. The standard InChI is InChI=1S/C19H36N2/c1-3-4-5-12-20-14-18-10-11-19(15-20)21(18)13-17-8-6-16(2)7-9-17/h16-19H,3-15H2,1-2H3. The lowest BCUT2D eigenvalue weighted by Crippen LogP contribution is -2.55. The second-order valence-electron chi connectivity index (χ2n) is 8.17. The fourth-order valence-corrected chi connectivity index (χ4v) is 4.95. The first-order chi connectivity index (χ1) is 10.3. The molecule has 2 heteroatoms. The maximum absolute atomic E-state index is 2.93. The molecule has 2 saturated heterocycles. The second kappa shape index (κ2) is 7.46. The van der Waals surface area contributed by atoms with Gasteiger partial charge in [-0.25, -0.2) is 0 Å². The van der Waals surface area contributed by atoms with E-state index in [0.717, 1.165) is 23.9 Å². The largest absolute Gasteiger partial charge is 0.300 e. The molecule has 0 radical (unpaired) electrons. The highest BCUT2D eigenvalue weighted by molar-refractivity contribution is 4.96. The number of hydrogen-bond donors (Lipinski definition) is 0. The molecule has 0 spiro atoms. The van der Waals surface area contributed by atoms with Crippen molar-refractivity contribution in [3.8, 4) is 0 Å². The zero-order valence-corrected chi connectivity index (χ0v) is 14.4. The van der Waals surface area contributed by atoms with Gasteiger partial charge in [0.1, 0.15) is 0 Å². The summed E-state index contributed by atoms with van der Waals surface area (Å²) >= 11 is 0. The number of unbranched alkanes of at least 4 members (excludes halogenated alkanes) is 2. The molecule has 122 valence electrons. The van der Waals surface area contributed by atoms with Gasteiger partial charge in [-0.15, -0.1) is 0 Å². The van der Waals surface area contributed by atoms with Gasteiger partial charge in [-0.2, -0.15) is 0 Å². The van der Waals surface area contributed by atoms with E-state index in [2.05, 4.69) is 23.6 Å². The minimum absolute atomic E-state index is 0.893. The Morgan fingerprint density at radius 1 is 0.857 bits per heavy atom. The molecule has 3 rings (SSSR count). The lowest BCUT2D eigenvalue weighted by molar-refractivity contribution is 0.0462. The minimum atomic E-state index is 0.893. The molecule has 2 aliphatic heterocycles. The van der Waals surface area contributed by atoms with E-state index < -0.39 is 0 Å². The smallest absolute Gasteiger partial charge is 0.0227 e. The third-order valence-electron chi connectivity index (χ3n) is 6.39. The molecule has 3 aliphatic rings. The molecule has 2 heterocycles. The number of likely N-dealkylation sites (tertiary alicyclic amines) is 1. The Hall–Kier alpha value is -0.0800. The Bertz CT molecular complexity index is 295. The van der Waals surface area contributed by atoms with Crippen LogP contribution in [0.4, 0.5) is 0 Å². The van der Waals surface area contributed by atoms with Gasteiger partial charge in [0.25, 0.3) is 0 Å². The fourth-order valence-electron chi connectivity index (χ4n) is 4.95. The van der Waals surface area contributed by atoms with E-state index in [-0.39, 0.29) is 0 Å². The lowest BCUT2D eigenvalue weighted by atomic mass is 9.82. The number of piperazine rings is 1. The first kappa shape index (κ1) is 15.8. The third kappa shape index (κ3) is 4.01. The predicted octanol–water partition coefficient (Wildman–Crippen LogP) is 4.15. The zero-order chi connectivity index (χ0) is 14.7. The van der Waals surface area contributed by atoms with Gasteiger partial charge in [-0.05, 0) is 50.5 Å². The summed E-state index contributed by atoms with van der Waals surface area (Å²) < 4.78 is 0. The summed E-state index contributed by atoms with van der Waals surface area (Å²) in [6, 6.07) is 1.79. The average molecular weight is 293 g/mol. The molecular formula is C19H36N2. The summed E-state index contributed by atoms with van der Waals surface area (Å²) in [6.07, 6.45) is 13.1. The molecule has 1 saturated carbocycles. The van der Waals surface area contributed by atoms with Crippen molar-refractivity contribution < 1.29 is 0 Å². The van der Waals surface area contributed by atoms with Crippen LogP contribution in [0.2, 0.25) is 0 Å². The van der Waals surface area contributed by atoms with Crippen LogP contribution >= 0.6 is 0 Å². The molecule has 0 N–H and O–H groups in total. The van der Waals surface area contributed by atoms with Gasteiger partial charge < -0.3 is 4.90 Å². The van der Waals surface area contributed by atoms with Crippen LogP contribution in [0.15, 0.2) is 0 Å². The highest BCUT2D eigenvalue weighted by Crippen LogP contribution is 2.35. The number of fused-ring (bicyclic) bond motifs is 2. The van der Waals surface area contributed by atoms with Crippen LogP contribution in [0, 0.1) is 11.8 Å². The van der Waals surface area contributed by atoms with Gasteiger partial charge in [-0.3, -0.25) is 4.90 Å². The maximum Gasteiger partial charge on any atom is 0.0227 e.